The molecular formula is C41H56FN4O7P. The van der Waals surface area contributed by atoms with Gasteiger partial charge in [0.25, 0.3) is 0 Å². The minimum absolute atomic E-state index is 0.0460. The largest absolute Gasteiger partial charge is 0.424 e. The molecule has 0 radical (unpaired) electrons. The molecule has 54 heavy (non-hydrogen) atoms. The number of alkyl halides is 1. The molecule has 0 spiro atoms. The van der Waals surface area contributed by atoms with Crippen molar-refractivity contribution < 1.29 is 32.6 Å². The summed E-state index contributed by atoms with van der Waals surface area (Å²) in [6.07, 6.45) is 29.0. The summed E-state index contributed by atoms with van der Waals surface area (Å²) in [6.45, 7) is 2.97. The Morgan fingerprint density at radius 1 is 0.981 bits per heavy atom. The van der Waals surface area contributed by atoms with Crippen LogP contribution in [0.25, 0.3) is 0 Å². The van der Waals surface area contributed by atoms with Gasteiger partial charge in [-0.25, -0.2) is 13.8 Å². The van der Waals surface area contributed by atoms with E-state index in [9.17, 15) is 19.3 Å². The maximum absolute atomic E-state index is 15.7. The molecule has 5 atom stereocenters. The molecule has 1 aromatic carbocycles. The van der Waals surface area contributed by atoms with E-state index >= 15 is 4.39 Å². The van der Waals surface area contributed by atoms with Crippen molar-refractivity contribution in [3.8, 4) is 5.75 Å². The molecule has 1 aliphatic heterocycles. The van der Waals surface area contributed by atoms with Crippen LogP contribution < -0.4 is 21.3 Å². The van der Waals surface area contributed by atoms with Crippen LogP contribution in [0.1, 0.15) is 77.9 Å². The number of hydrogen-bond acceptors (Lipinski definition) is 9. The summed E-state index contributed by atoms with van der Waals surface area (Å²) in [7, 11) is -3.88. The molecule has 1 unspecified atom stereocenters. The predicted octanol–water partition coefficient (Wildman–Crippen LogP) is 8.08. The van der Waals surface area contributed by atoms with Crippen molar-refractivity contribution in [2.24, 2.45) is 0 Å². The summed E-state index contributed by atoms with van der Waals surface area (Å²) in [6, 6.07) is 9.72. The molecule has 3 rings (SSSR count). The zero-order chi connectivity index (χ0) is 39.1. The standard InChI is InChI=1S/C41H56FN4O7P/c1-3-4-5-6-7-8-9-10-11-12-13-14-15-16-17-18-19-20-24-28-37(47)44-30-25-32-54(50,53-34-26-22-21-23-27-34)51-33-35-38(48)41(2,42)39(52-35)46-31-29-36(43)45-40(46)49/h4-5,7-8,10-11,13-14,16-17,19-23,26-27,29,31,35,38-39,48H,3,6,9,12,15,18,24-25,28,30,32-33H2,1-2H3,(H,44,47)(H2,43,45,49)/b5-4-,8-7-,11-10-,14-13-,17-16-,20-19-/t35-,38-,39-,41-,54?/m1/s1. The summed E-state index contributed by atoms with van der Waals surface area (Å²) in [5.41, 5.74) is 2.29. The van der Waals surface area contributed by atoms with Gasteiger partial charge in [0.15, 0.2) is 11.9 Å². The smallest absolute Gasteiger partial charge is 0.379 e. The number of halogens is 1. The van der Waals surface area contributed by atoms with E-state index in [4.69, 9.17) is 19.5 Å². The van der Waals surface area contributed by atoms with Crippen molar-refractivity contribution in [1.29, 1.82) is 0 Å². The molecule has 0 bridgehead atoms. The fourth-order valence-electron chi connectivity index (χ4n) is 5.36. The van der Waals surface area contributed by atoms with Gasteiger partial charge in [-0.15, -0.1) is 0 Å². The van der Waals surface area contributed by atoms with Crippen LogP contribution in [0.15, 0.2) is 120 Å². The lowest BCUT2D eigenvalue weighted by Crippen LogP contribution is -2.43. The third-order valence-electron chi connectivity index (χ3n) is 8.31. The van der Waals surface area contributed by atoms with Gasteiger partial charge in [0.2, 0.25) is 5.91 Å². The van der Waals surface area contributed by atoms with Crippen molar-refractivity contribution in [2.75, 3.05) is 25.0 Å². The van der Waals surface area contributed by atoms with Gasteiger partial charge in [-0.1, -0.05) is 98.0 Å². The Morgan fingerprint density at radius 2 is 1.56 bits per heavy atom. The minimum atomic E-state index is -3.88. The number of rotatable bonds is 24. The quantitative estimate of drug-likeness (QED) is 0.0546. The van der Waals surface area contributed by atoms with Crippen LogP contribution >= 0.6 is 7.60 Å². The van der Waals surface area contributed by atoms with Crippen LogP contribution in [0.2, 0.25) is 0 Å². The number of nitrogens with two attached hydrogens (primary N) is 1. The first kappa shape index (κ1) is 44.0. The maximum Gasteiger partial charge on any atom is 0.379 e. The second-order valence-corrected chi connectivity index (χ2v) is 15.0. The number of aliphatic hydroxyl groups is 1. The Balaban J connectivity index is 1.36. The van der Waals surface area contributed by atoms with Gasteiger partial charge in [-0.3, -0.25) is 13.9 Å². The van der Waals surface area contributed by atoms with Gasteiger partial charge in [0, 0.05) is 19.2 Å². The zero-order valence-corrected chi connectivity index (χ0v) is 32.3. The lowest BCUT2D eigenvalue weighted by Gasteiger charge is -2.25. The number of allylic oxidation sites excluding steroid dienone is 12. The number of aliphatic hydroxyl groups excluding tert-OH is 1. The summed E-state index contributed by atoms with van der Waals surface area (Å²) in [4.78, 5) is 28.4. The number of benzene rings is 1. The first-order valence-corrected chi connectivity index (χ1v) is 20.3. The average Bonchev–Trinajstić information content (AvgIpc) is 3.37. The van der Waals surface area contributed by atoms with Crippen LogP contribution in [0.5, 0.6) is 5.75 Å². The fourth-order valence-corrected chi connectivity index (χ4v) is 7.00. The minimum Gasteiger partial charge on any atom is -0.424 e. The van der Waals surface area contributed by atoms with Crippen molar-refractivity contribution in [3.63, 3.8) is 0 Å². The van der Waals surface area contributed by atoms with Crippen LogP contribution in [0.3, 0.4) is 0 Å². The van der Waals surface area contributed by atoms with Crippen LogP contribution in [-0.2, 0) is 18.6 Å². The normalized spacial score (nSPS) is 21.7. The van der Waals surface area contributed by atoms with Crippen molar-refractivity contribution in [2.45, 2.75) is 95.7 Å². The highest BCUT2D eigenvalue weighted by molar-refractivity contribution is 7.54. The molecule has 11 nitrogen and oxygen atoms in total. The number of carbonyl (C=O) groups is 1. The number of ether oxygens (including phenoxy) is 1. The molecule has 294 valence electrons. The third kappa shape index (κ3) is 15.9. The van der Waals surface area contributed by atoms with Crippen molar-refractivity contribution in [3.05, 3.63) is 126 Å². The summed E-state index contributed by atoms with van der Waals surface area (Å²) >= 11 is 0. The molecule has 0 aliphatic carbocycles. The number of para-hydroxylation sites is 1. The molecule has 1 amide bonds. The number of amides is 1. The first-order chi connectivity index (χ1) is 26.1. The highest BCUT2D eigenvalue weighted by Crippen LogP contribution is 2.50. The maximum atomic E-state index is 15.7. The van der Waals surface area contributed by atoms with Gasteiger partial charge < -0.3 is 25.4 Å². The van der Waals surface area contributed by atoms with E-state index in [1.54, 1.807) is 30.3 Å². The molecule has 2 aromatic rings. The third-order valence-corrected chi connectivity index (χ3v) is 10.2. The summed E-state index contributed by atoms with van der Waals surface area (Å²) in [5.74, 6) is 0.106. The molecule has 1 fully saturated rings. The Hall–Kier alpha value is -4.35. The van der Waals surface area contributed by atoms with E-state index in [1.807, 2.05) is 12.2 Å². The number of nitrogens with one attached hydrogen (secondary N) is 1. The Bertz CT molecular complexity index is 1700. The molecule has 1 saturated heterocycles. The topological polar surface area (TPSA) is 155 Å². The number of carbonyl (C=O) groups excluding carboxylic acids is 1. The predicted molar refractivity (Wildman–Crippen MR) is 213 cm³/mol. The molecule has 4 N–H and O–H groups in total. The second kappa shape index (κ2) is 24.1. The van der Waals surface area contributed by atoms with E-state index in [0.717, 1.165) is 50.0 Å². The molecular weight excluding hydrogens is 710 g/mol. The molecule has 0 saturated carbocycles. The second-order valence-electron chi connectivity index (χ2n) is 12.9. The zero-order valence-electron chi connectivity index (χ0n) is 31.4. The molecule has 1 aromatic heterocycles. The van der Waals surface area contributed by atoms with Gasteiger partial charge in [0.1, 0.15) is 23.8 Å². The van der Waals surface area contributed by atoms with Gasteiger partial charge in [0.05, 0.1) is 12.8 Å². The molecule has 2 heterocycles. The van der Waals surface area contributed by atoms with Crippen molar-refractivity contribution in [1.82, 2.24) is 14.9 Å². The van der Waals surface area contributed by atoms with Gasteiger partial charge in [-0.2, -0.15) is 4.98 Å². The van der Waals surface area contributed by atoms with Crippen LogP contribution in [-0.4, -0.2) is 57.8 Å². The lowest BCUT2D eigenvalue weighted by molar-refractivity contribution is -0.121. The lowest BCUT2D eigenvalue weighted by atomic mass is 9.98. The summed E-state index contributed by atoms with van der Waals surface area (Å²) < 4.78 is 47.6. The number of nitrogens with zero attached hydrogens (tertiary/aromatic N) is 2. The Labute approximate surface area is 318 Å². The monoisotopic (exact) mass is 766 g/mol. The van der Waals surface area contributed by atoms with Crippen LogP contribution in [0.4, 0.5) is 10.2 Å². The van der Waals surface area contributed by atoms with Crippen LogP contribution in [0, 0.1) is 0 Å². The number of nitrogen functional groups attached to an aromatic ring is 1. The fraction of sp³-hybridized carbons (Fsp3) is 0.439. The van der Waals surface area contributed by atoms with E-state index in [-0.39, 0.29) is 30.9 Å². The van der Waals surface area contributed by atoms with Gasteiger partial charge >= 0.3 is 13.3 Å². The van der Waals surface area contributed by atoms with E-state index in [1.165, 1.54) is 12.3 Å². The number of anilines is 1. The summed E-state index contributed by atoms with van der Waals surface area (Å²) in [5, 5.41) is 13.6. The molecule has 13 heteroatoms. The molecule has 1 aliphatic rings. The van der Waals surface area contributed by atoms with E-state index < -0.39 is 44.0 Å². The highest BCUT2D eigenvalue weighted by Gasteiger charge is 2.55. The van der Waals surface area contributed by atoms with Gasteiger partial charge in [-0.05, 0) is 76.5 Å². The van der Waals surface area contributed by atoms with Crippen molar-refractivity contribution >= 4 is 19.3 Å². The number of hydrogen-bond donors (Lipinski definition) is 3. The first-order valence-electron chi connectivity index (χ1n) is 18.6. The Morgan fingerprint density at radius 3 is 2.13 bits per heavy atom. The SMILES string of the molecule is CC/C=C\C/C=C\C/C=C\C/C=C\C/C=C\C/C=C\CCC(=O)NCCCP(=O)(OC[C@H]1O[C@@H](n2ccc(N)nc2=O)[C@](C)(F)[C@@H]1O)Oc1ccccc1. The Kier molecular flexibility index (Phi) is 19.7. The van der Waals surface area contributed by atoms with E-state index in [2.05, 4.69) is 78.0 Å². The number of aromatic nitrogens is 2. The van der Waals surface area contributed by atoms with E-state index in [0.29, 0.717) is 18.6 Å². The average molecular weight is 767 g/mol. The highest BCUT2D eigenvalue weighted by atomic mass is 31.2.